The zero-order valence-electron chi connectivity index (χ0n) is 13.7. The van der Waals surface area contributed by atoms with Gasteiger partial charge in [-0.2, -0.15) is 0 Å². The largest absolute Gasteiger partial charge is 0.457 e. The molecule has 0 aliphatic carbocycles. The van der Waals surface area contributed by atoms with E-state index < -0.39 is 11.8 Å². The first-order valence-corrected chi connectivity index (χ1v) is 8.35. The summed E-state index contributed by atoms with van der Waals surface area (Å²) in [4.78, 5) is 36.6. The summed E-state index contributed by atoms with van der Waals surface area (Å²) in [6, 6.07) is 10.3. The van der Waals surface area contributed by atoms with Crippen LogP contribution in [0.1, 0.15) is 34.3 Å². The summed E-state index contributed by atoms with van der Waals surface area (Å²) in [5, 5.41) is 0.188. The molecule has 1 heterocycles. The minimum atomic E-state index is -0.551. The second-order valence-corrected chi connectivity index (χ2v) is 6.29. The zero-order valence-corrected chi connectivity index (χ0v) is 14.5. The monoisotopic (exact) mass is 375 g/mol. The van der Waals surface area contributed by atoms with Crippen molar-refractivity contribution in [3.05, 3.63) is 70.0 Å². The van der Waals surface area contributed by atoms with Crippen LogP contribution in [0, 0.1) is 5.82 Å². The predicted octanol–water partition coefficient (Wildman–Crippen LogP) is 3.49. The number of ether oxygens (including phenoxy) is 1. The molecule has 0 bridgehead atoms. The third-order valence-electron chi connectivity index (χ3n) is 4.06. The molecule has 5 nitrogen and oxygen atoms in total. The summed E-state index contributed by atoms with van der Waals surface area (Å²) in [5.74, 6) is -1.38. The lowest BCUT2D eigenvalue weighted by atomic mass is 10.1. The first-order valence-electron chi connectivity index (χ1n) is 7.97. The molecule has 1 saturated heterocycles. The zero-order chi connectivity index (χ0) is 18.7. The van der Waals surface area contributed by atoms with Crippen LogP contribution < -0.4 is 0 Å². The molecule has 2 aromatic rings. The maximum absolute atomic E-state index is 13.0. The maximum atomic E-state index is 13.0. The van der Waals surface area contributed by atoms with Crippen molar-refractivity contribution < 1.29 is 23.5 Å². The van der Waals surface area contributed by atoms with Gasteiger partial charge in [-0.25, -0.2) is 9.18 Å². The van der Waals surface area contributed by atoms with Gasteiger partial charge in [0.15, 0.2) is 0 Å². The van der Waals surface area contributed by atoms with Crippen molar-refractivity contribution in [1.29, 1.82) is 0 Å². The molecule has 1 aliphatic rings. The number of benzene rings is 2. The van der Waals surface area contributed by atoms with Crippen LogP contribution in [0.4, 0.5) is 4.39 Å². The molecule has 0 spiro atoms. The number of amides is 2. The van der Waals surface area contributed by atoms with E-state index in [2.05, 4.69) is 0 Å². The number of carbonyl (C=O) groups is 3. The van der Waals surface area contributed by atoms with Crippen molar-refractivity contribution in [2.45, 2.75) is 26.0 Å². The van der Waals surface area contributed by atoms with Crippen molar-refractivity contribution in [3.8, 4) is 0 Å². The Morgan fingerprint density at radius 1 is 1.08 bits per heavy atom. The molecule has 26 heavy (non-hydrogen) atoms. The van der Waals surface area contributed by atoms with Crippen molar-refractivity contribution in [1.82, 2.24) is 4.90 Å². The van der Waals surface area contributed by atoms with Gasteiger partial charge in [0.1, 0.15) is 12.4 Å². The lowest BCUT2D eigenvalue weighted by Crippen LogP contribution is -2.28. The van der Waals surface area contributed by atoms with Gasteiger partial charge in [0, 0.05) is 18.4 Å². The van der Waals surface area contributed by atoms with Crippen LogP contribution in [0.15, 0.2) is 42.5 Å². The van der Waals surface area contributed by atoms with Crippen LogP contribution >= 0.6 is 11.6 Å². The van der Waals surface area contributed by atoms with Crippen LogP contribution in [0.5, 0.6) is 0 Å². The van der Waals surface area contributed by atoms with Gasteiger partial charge in [-0.1, -0.05) is 29.8 Å². The quantitative estimate of drug-likeness (QED) is 0.593. The molecule has 7 heteroatoms. The Morgan fingerprint density at radius 3 is 2.35 bits per heavy atom. The van der Waals surface area contributed by atoms with Gasteiger partial charge >= 0.3 is 5.97 Å². The molecule has 1 aliphatic heterocycles. The van der Waals surface area contributed by atoms with Crippen LogP contribution in [-0.4, -0.2) is 22.7 Å². The van der Waals surface area contributed by atoms with Crippen LogP contribution in [0.3, 0.4) is 0 Å². The molecular formula is C19H15ClFNO4. The summed E-state index contributed by atoms with van der Waals surface area (Å²) < 4.78 is 18.2. The average molecular weight is 376 g/mol. The van der Waals surface area contributed by atoms with Crippen LogP contribution in [0.2, 0.25) is 5.02 Å². The molecule has 0 unspecified atom stereocenters. The number of carbonyl (C=O) groups excluding carboxylic acids is 3. The van der Waals surface area contributed by atoms with E-state index in [1.165, 1.54) is 17.0 Å². The number of esters is 1. The fourth-order valence-electron chi connectivity index (χ4n) is 2.59. The van der Waals surface area contributed by atoms with Crippen LogP contribution in [0.25, 0.3) is 0 Å². The first-order chi connectivity index (χ1) is 12.4. The maximum Gasteiger partial charge on any atom is 0.338 e. The number of likely N-dealkylation sites (tertiary alicyclic amines) is 1. The number of halogens is 2. The highest BCUT2D eigenvalue weighted by atomic mass is 35.5. The van der Waals surface area contributed by atoms with E-state index in [1.54, 1.807) is 24.3 Å². The molecule has 0 aromatic heterocycles. The first kappa shape index (κ1) is 18.1. The van der Waals surface area contributed by atoms with E-state index in [1.807, 2.05) is 0 Å². The van der Waals surface area contributed by atoms with Crippen molar-refractivity contribution in [2.24, 2.45) is 0 Å². The van der Waals surface area contributed by atoms with E-state index in [9.17, 15) is 18.8 Å². The lowest BCUT2D eigenvalue weighted by molar-refractivity contribution is -0.139. The highest BCUT2D eigenvalue weighted by Gasteiger charge is 2.28. The molecule has 3 rings (SSSR count). The van der Waals surface area contributed by atoms with Crippen molar-refractivity contribution >= 4 is 29.4 Å². The minimum Gasteiger partial charge on any atom is -0.457 e. The van der Waals surface area contributed by atoms with Gasteiger partial charge in [-0.05, 0) is 29.8 Å². The minimum absolute atomic E-state index is 0.0729. The summed E-state index contributed by atoms with van der Waals surface area (Å²) in [7, 11) is 0. The molecule has 0 saturated carbocycles. The molecule has 0 radical (unpaired) electrons. The van der Waals surface area contributed by atoms with Crippen molar-refractivity contribution in [2.75, 3.05) is 0 Å². The Kier molecular flexibility index (Phi) is 5.32. The van der Waals surface area contributed by atoms with Crippen molar-refractivity contribution in [3.63, 3.8) is 0 Å². The predicted molar refractivity (Wildman–Crippen MR) is 91.8 cm³/mol. The normalized spacial score (nSPS) is 14.0. The van der Waals surface area contributed by atoms with E-state index in [0.29, 0.717) is 11.1 Å². The fourth-order valence-corrected chi connectivity index (χ4v) is 2.82. The van der Waals surface area contributed by atoms with E-state index in [-0.39, 0.29) is 42.8 Å². The Balaban J connectivity index is 1.60. The van der Waals surface area contributed by atoms with Gasteiger partial charge in [0.25, 0.3) is 0 Å². The van der Waals surface area contributed by atoms with E-state index in [0.717, 1.165) is 11.6 Å². The van der Waals surface area contributed by atoms with Gasteiger partial charge in [0.05, 0.1) is 17.1 Å². The molecular weight excluding hydrogens is 361 g/mol. The number of hydrogen-bond acceptors (Lipinski definition) is 4. The summed E-state index contributed by atoms with van der Waals surface area (Å²) >= 11 is 5.89. The third kappa shape index (κ3) is 4.08. The van der Waals surface area contributed by atoms with Crippen LogP contribution in [-0.2, 0) is 27.5 Å². The number of rotatable bonds is 5. The lowest BCUT2D eigenvalue weighted by Gasteiger charge is -2.14. The third-order valence-corrected chi connectivity index (χ3v) is 4.41. The fraction of sp³-hybridized carbons (Fsp3) is 0.211. The highest BCUT2D eigenvalue weighted by molar-refractivity contribution is 6.31. The Hall–Kier alpha value is -2.73. The smallest absolute Gasteiger partial charge is 0.338 e. The van der Waals surface area contributed by atoms with E-state index in [4.69, 9.17) is 16.3 Å². The molecule has 134 valence electrons. The molecule has 2 amide bonds. The number of imide groups is 1. The molecule has 0 atom stereocenters. The second-order valence-electron chi connectivity index (χ2n) is 5.88. The second kappa shape index (κ2) is 7.66. The summed E-state index contributed by atoms with van der Waals surface area (Å²) in [6.45, 7) is 0.120. The molecule has 0 N–H and O–H groups in total. The molecule has 2 aromatic carbocycles. The van der Waals surface area contributed by atoms with Gasteiger partial charge < -0.3 is 4.74 Å². The Labute approximate surface area is 154 Å². The standard InChI is InChI=1S/C19H15ClFNO4/c20-16-9-15(21)6-5-14(16)11-26-19(25)13-3-1-12(2-4-13)10-22-17(23)7-8-18(22)24/h1-6,9H,7-8,10-11H2. The summed E-state index contributed by atoms with van der Waals surface area (Å²) in [5.41, 5.74) is 1.57. The average Bonchev–Trinajstić information content (AvgIpc) is 2.93. The summed E-state index contributed by atoms with van der Waals surface area (Å²) in [6.07, 6.45) is 0.490. The van der Waals surface area contributed by atoms with Gasteiger partial charge in [-0.3, -0.25) is 14.5 Å². The van der Waals surface area contributed by atoms with E-state index >= 15 is 0 Å². The Bertz CT molecular complexity index is 850. The highest BCUT2D eigenvalue weighted by Crippen LogP contribution is 2.19. The Morgan fingerprint density at radius 2 is 1.73 bits per heavy atom. The number of hydrogen-bond donors (Lipinski definition) is 0. The topological polar surface area (TPSA) is 63.7 Å². The van der Waals surface area contributed by atoms with Gasteiger partial charge in [-0.15, -0.1) is 0 Å². The molecule has 1 fully saturated rings. The van der Waals surface area contributed by atoms with Gasteiger partial charge in [0.2, 0.25) is 11.8 Å². The SMILES string of the molecule is O=C(OCc1ccc(F)cc1Cl)c1ccc(CN2C(=O)CCC2=O)cc1. The number of nitrogens with zero attached hydrogens (tertiary/aromatic N) is 1.